The molecule has 1 unspecified atom stereocenters. The molecule has 0 saturated carbocycles. The molecule has 0 aromatic carbocycles. The van der Waals surface area contributed by atoms with Gasteiger partial charge in [-0.05, 0) is 42.7 Å². The zero-order valence-electron chi connectivity index (χ0n) is 8.46. The molecule has 1 aliphatic carbocycles. The number of rotatable bonds is 1. The first-order valence-electron chi connectivity index (χ1n) is 5.23. The SMILES string of the molecule is CC(C)C1CCCc2ncccc21. The maximum Gasteiger partial charge on any atom is 0.0438 e. The van der Waals surface area contributed by atoms with Crippen molar-refractivity contribution < 1.29 is 0 Å². The summed E-state index contributed by atoms with van der Waals surface area (Å²) in [5.41, 5.74) is 2.84. The number of nitrogens with zero attached hydrogens (tertiary/aromatic N) is 1. The molecule has 0 fully saturated rings. The maximum atomic E-state index is 4.45. The van der Waals surface area contributed by atoms with E-state index in [9.17, 15) is 0 Å². The Kier molecular flexibility index (Phi) is 2.34. The van der Waals surface area contributed by atoms with Crippen molar-refractivity contribution in [3.63, 3.8) is 0 Å². The van der Waals surface area contributed by atoms with E-state index in [1.807, 2.05) is 6.20 Å². The molecule has 1 nitrogen and oxygen atoms in total. The van der Waals surface area contributed by atoms with Crippen LogP contribution in [0.25, 0.3) is 0 Å². The smallest absolute Gasteiger partial charge is 0.0438 e. The number of hydrogen-bond acceptors (Lipinski definition) is 1. The normalized spacial score (nSPS) is 21.6. The Morgan fingerprint density at radius 3 is 3.08 bits per heavy atom. The molecule has 1 heteroatoms. The Morgan fingerprint density at radius 1 is 1.46 bits per heavy atom. The van der Waals surface area contributed by atoms with Gasteiger partial charge in [-0.25, -0.2) is 0 Å². The first kappa shape index (κ1) is 8.74. The van der Waals surface area contributed by atoms with Gasteiger partial charge in [0.15, 0.2) is 0 Å². The van der Waals surface area contributed by atoms with Crippen molar-refractivity contribution in [3.8, 4) is 0 Å². The lowest BCUT2D eigenvalue weighted by atomic mass is 9.79. The number of pyridine rings is 1. The third kappa shape index (κ3) is 1.60. The molecule has 1 aliphatic rings. The van der Waals surface area contributed by atoms with Gasteiger partial charge in [0.2, 0.25) is 0 Å². The predicted octanol–water partition coefficient (Wildman–Crippen LogP) is 3.16. The fraction of sp³-hybridized carbons (Fsp3) is 0.583. The quantitative estimate of drug-likeness (QED) is 0.639. The minimum Gasteiger partial charge on any atom is -0.261 e. The summed E-state index contributed by atoms with van der Waals surface area (Å²) in [4.78, 5) is 4.45. The Morgan fingerprint density at radius 2 is 2.31 bits per heavy atom. The highest BCUT2D eigenvalue weighted by Crippen LogP contribution is 2.35. The second-order valence-electron chi connectivity index (χ2n) is 4.28. The van der Waals surface area contributed by atoms with Gasteiger partial charge in [-0.1, -0.05) is 19.9 Å². The van der Waals surface area contributed by atoms with Crippen molar-refractivity contribution in [2.75, 3.05) is 0 Å². The van der Waals surface area contributed by atoms with Crippen LogP contribution in [0.1, 0.15) is 43.9 Å². The number of aryl methyl sites for hydroxylation is 1. The molecule has 0 spiro atoms. The summed E-state index contributed by atoms with van der Waals surface area (Å²) in [6.45, 7) is 4.62. The summed E-state index contributed by atoms with van der Waals surface area (Å²) in [7, 11) is 0. The van der Waals surface area contributed by atoms with E-state index in [4.69, 9.17) is 0 Å². The summed E-state index contributed by atoms with van der Waals surface area (Å²) in [6.07, 6.45) is 5.75. The number of hydrogen-bond donors (Lipinski definition) is 0. The summed E-state index contributed by atoms with van der Waals surface area (Å²) in [6, 6.07) is 4.33. The standard InChI is InChI=1S/C12H17N/c1-9(2)10-5-3-7-12-11(10)6-4-8-13-12/h4,6,8-10H,3,5,7H2,1-2H3. The molecule has 0 saturated heterocycles. The molecule has 0 amide bonds. The highest BCUT2D eigenvalue weighted by Gasteiger charge is 2.22. The van der Waals surface area contributed by atoms with E-state index < -0.39 is 0 Å². The number of fused-ring (bicyclic) bond motifs is 1. The second kappa shape index (κ2) is 3.49. The van der Waals surface area contributed by atoms with Crippen molar-refractivity contribution in [2.24, 2.45) is 5.92 Å². The Hall–Kier alpha value is -0.850. The van der Waals surface area contributed by atoms with Crippen LogP contribution >= 0.6 is 0 Å². The van der Waals surface area contributed by atoms with Crippen LogP contribution in [0.2, 0.25) is 0 Å². The van der Waals surface area contributed by atoms with Crippen LogP contribution in [0.4, 0.5) is 0 Å². The largest absolute Gasteiger partial charge is 0.261 e. The van der Waals surface area contributed by atoms with Crippen molar-refractivity contribution >= 4 is 0 Å². The van der Waals surface area contributed by atoms with Gasteiger partial charge in [0.1, 0.15) is 0 Å². The monoisotopic (exact) mass is 175 g/mol. The molecule has 0 aliphatic heterocycles. The third-order valence-electron chi connectivity index (χ3n) is 3.06. The van der Waals surface area contributed by atoms with E-state index in [2.05, 4.69) is 31.0 Å². The summed E-state index contributed by atoms with van der Waals surface area (Å²) in [5, 5.41) is 0. The van der Waals surface area contributed by atoms with Crippen LogP contribution < -0.4 is 0 Å². The molecule has 70 valence electrons. The molecule has 13 heavy (non-hydrogen) atoms. The zero-order chi connectivity index (χ0) is 9.26. The molecule has 0 bridgehead atoms. The Bertz CT molecular complexity index is 291. The molecule has 0 N–H and O–H groups in total. The van der Waals surface area contributed by atoms with Crippen LogP contribution in [0.15, 0.2) is 18.3 Å². The topological polar surface area (TPSA) is 12.9 Å². The molecule has 1 atom stereocenters. The Labute approximate surface area is 80.2 Å². The van der Waals surface area contributed by atoms with Gasteiger partial charge in [-0.2, -0.15) is 0 Å². The number of aromatic nitrogens is 1. The second-order valence-corrected chi connectivity index (χ2v) is 4.28. The average molecular weight is 175 g/mol. The minimum atomic E-state index is 0.748. The lowest BCUT2D eigenvalue weighted by Gasteiger charge is -2.27. The summed E-state index contributed by atoms with van der Waals surface area (Å²) in [5.74, 6) is 1.50. The first-order chi connectivity index (χ1) is 6.29. The predicted molar refractivity (Wildman–Crippen MR) is 54.8 cm³/mol. The van der Waals surface area contributed by atoms with Crippen molar-refractivity contribution in [1.29, 1.82) is 0 Å². The fourth-order valence-corrected chi connectivity index (χ4v) is 2.33. The zero-order valence-corrected chi connectivity index (χ0v) is 8.46. The van der Waals surface area contributed by atoms with E-state index in [1.54, 1.807) is 0 Å². The molecule has 1 heterocycles. The summed E-state index contributed by atoms with van der Waals surface area (Å²) < 4.78 is 0. The van der Waals surface area contributed by atoms with Gasteiger partial charge >= 0.3 is 0 Å². The van der Waals surface area contributed by atoms with Gasteiger partial charge in [0, 0.05) is 11.9 Å². The molecular weight excluding hydrogens is 158 g/mol. The molecular formula is C12H17N. The van der Waals surface area contributed by atoms with Crippen LogP contribution in [-0.4, -0.2) is 4.98 Å². The van der Waals surface area contributed by atoms with Crippen molar-refractivity contribution in [1.82, 2.24) is 4.98 Å². The van der Waals surface area contributed by atoms with E-state index in [1.165, 1.54) is 30.5 Å². The Balaban J connectivity index is 2.37. The van der Waals surface area contributed by atoms with E-state index >= 15 is 0 Å². The molecule has 1 aromatic heterocycles. The minimum absolute atomic E-state index is 0.748. The average Bonchev–Trinajstić information content (AvgIpc) is 2.17. The first-order valence-corrected chi connectivity index (χ1v) is 5.23. The highest BCUT2D eigenvalue weighted by molar-refractivity contribution is 5.27. The van der Waals surface area contributed by atoms with Crippen LogP contribution in [0.5, 0.6) is 0 Å². The van der Waals surface area contributed by atoms with Crippen molar-refractivity contribution in [3.05, 3.63) is 29.6 Å². The molecule has 2 rings (SSSR count). The molecule has 0 radical (unpaired) electrons. The lowest BCUT2D eigenvalue weighted by Crippen LogP contribution is -2.15. The van der Waals surface area contributed by atoms with Crippen LogP contribution in [-0.2, 0) is 6.42 Å². The third-order valence-corrected chi connectivity index (χ3v) is 3.06. The lowest BCUT2D eigenvalue weighted by molar-refractivity contribution is 0.429. The van der Waals surface area contributed by atoms with Gasteiger partial charge in [0.05, 0.1) is 0 Å². The van der Waals surface area contributed by atoms with Gasteiger partial charge < -0.3 is 0 Å². The highest BCUT2D eigenvalue weighted by atomic mass is 14.7. The van der Waals surface area contributed by atoms with Crippen LogP contribution in [0, 0.1) is 5.92 Å². The van der Waals surface area contributed by atoms with Gasteiger partial charge in [-0.3, -0.25) is 4.98 Å². The van der Waals surface area contributed by atoms with E-state index in [0.717, 1.165) is 11.8 Å². The van der Waals surface area contributed by atoms with Crippen LogP contribution in [0.3, 0.4) is 0 Å². The van der Waals surface area contributed by atoms with Gasteiger partial charge in [0.25, 0.3) is 0 Å². The van der Waals surface area contributed by atoms with E-state index in [-0.39, 0.29) is 0 Å². The van der Waals surface area contributed by atoms with Gasteiger partial charge in [-0.15, -0.1) is 0 Å². The van der Waals surface area contributed by atoms with Crippen molar-refractivity contribution in [2.45, 2.75) is 39.0 Å². The van der Waals surface area contributed by atoms with E-state index in [0.29, 0.717) is 0 Å². The maximum absolute atomic E-state index is 4.45. The fourth-order valence-electron chi connectivity index (χ4n) is 2.33. The summed E-state index contributed by atoms with van der Waals surface area (Å²) >= 11 is 0. The molecule has 1 aromatic rings.